The number of carbonyl (C=O) groups is 1. The van der Waals surface area contributed by atoms with Gasteiger partial charge in [-0.3, -0.25) is 9.49 Å². The smallest absolute Gasteiger partial charge is 0.353 e. The van der Waals surface area contributed by atoms with Crippen LogP contribution in [0.3, 0.4) is 0 Å². The van der Waals surface area contributed by atoms with Crippen LogP contribution in [0.5, 0.6) is 0 Å². The topological polar surface area (TPSA) is 66.0 Å². The Labute approximate surface area is 97.1 Å². The molecule has 0 saturated carbocycles. The Kier molecular flexibility index (Phi) is 3.18. The highest BCUT2D eigenvalue weighted by molar-refractivity contribution is 5.86. The SMILES string of the molecule is O=C(O)c1cc(-c2ccc(CCF)cc2)n[nH]1. The molecule has 1 aromatic heterocycles. The largest absolute Gasteiger partial charge is 0.477 e. The van der Waals surface area contributed by atoms with Crippen molar-refractivity contribution in [2.24, 2.45) is 0 Å². The molecule has 2 N–H and O–H groups in total. The summed E-state index contributed by atoms with van der Waals surface area (Å²) in [7, 11) is 0. The Morgan fingerprint density at radius 2 is 2.06 bits per heavy atom. The molecular weight excluding hydrogens is 223 g/mol. The summed E-state index contributed by atoms with van der Waals surface area (Å²) in [5.74, 6) is -1.04. The van der Waals surface area contributed by atoms with E-state index in [9.17, 15) is 9.18 Å². The predicted molar refractivity (Wildman–Crippen MR) is 60.7 cm³/mol. The Bertz CT molecular complexity index is 520. The van der Waals surface area contributed by atoms with Crippen molar-refractivity contribution >= 4 is 5.97 Å². The number of aromatic nitrogens is 2. The maximum absolute atomic E-state index is 12.1. The number of benzene rings is 1. The highest BCUT2D eigenvalue weighted by Crippen LogP contribution is 2.18. The van der Waals surface area contributed by atoms with Crippen molar-refractivity contribution in [1.29, 1.82) is 0 Å². The number of aromatic carboxylic acids is 1. The molecule has 17 heavy (non-hydrogen) atoms. The monoisotopic (exact) mass is 234 g/mol. The number of hydrogen-bond donors (Lipinski definition) is 2. The standard InChI is InChI=1S/C12H11FN2O2/c13-6-5-8-1-3-9(4-2-8)10-7-11(12(16)17)15-14-10/h1-4,7H,5-6H2,(H,14,15)(H,16,17). The number of aryl methyl sites for hydroxylation is 1. The summed E-state index contributed by atoms with van der Waals surface area (Å²) in [5, 5.41) is 15.1. The van der Waals surface area contributed by atoms with Gasteiger partial charge in [0.05, 0.1) is 12.4 Å². The van der Waals surface area contributed by atoms with Crippen LogP contribution in [0.25, 0.3) is 11.3 Å². The van der Waals surface area contributed by atoms with Crippen molar-refractivity contribution in [2.45, 2.75) is 6.42 Å². The molecule has 0 amide bonds. The number of aromatic amines is 1. The van der Waals surface area contributed by atoms with E-state index in [4.69, 9.17) is 5.11 Å². The van der Waals surface area contributed by atoms with Gasteiger partial charge in [-0.15, -0.1) is 0 Å². The molecule has 2 aromatic rings. The van der Waals surface area contributed by atoms with Gasteiger partial charge >= 0.3 is 5.97 Å². The summed E-state index contributed by atoms with van der Waals surface area (Å²) < 4.78 is 12.1. The molecule has 0 aliphatic rings. The van der Waals surface area contributed by atoms with Gasteiger partial charge < -0.3 is 5.11 Å². The van der Waals surface area contributed by atoms with Gasteiger partial charge in [-0.2, -0.15) is 5.10 Å². The van der Waals surface area contributed by atoms with E-state index in [1.54, 1.807) is 12.1 Å². The molecule has 0 aliphatic carbocycles. The fraction of sp³-hybridized carbons (Fsp3) is 0.167. The van der Waals surface area contributed by atoms with Crippen LogP contribution in [0, 0.1) is 0 Å². The maximum Gasteiger partial charge on any atom is 0.353 e. The first-order chi connectivity index (χ1) is 8.20. The minimum Gasteiger partial charge on any atom is -0.477 e. The summed E-state index contributed by atoms with van der Waals surface area (Å²) in [6.07, 6.45) is 0.390. The molecule has 5 heteroatoms. The van der Waals surface area contributed by atoms with Gasteiger partial charge in [0.1, 0.15) is 5.69 Å². The summed E-state index contributed by atoms with van der Waals surface area (Å²) in [5.41, 5.74) is 2.32. The van der Waals surface area contributed by atoms with Gasteiger partial charge in [-0.05, 0) is 11.6 Å². The molecule has 0 fully saturated rings. The van der Waals surface area contributed by atoms with Crippen LogP contribution in [-0.2, 0) is 6.42 Å². The fourth-order valence-corrected chi connectivity index (χ4v) is 1.53. The molecule has 0 radical (unpaired) electrons. The zero-order chi connectivity index (χ0) is 12.3. The number of rotatable bonds is 4. The van der Waals surface area contributed by atoms with Crippen LogP contribution < -0.4 is 0 Å². The average molecular weight is 234 g/mol. The predicted octanol–water partition coefficient (Wildman–Crippen LogP) is 2.29. The van der Waals surface area contributed by atoms with E-state index in [-0.39, 0.29) is 12.4 Å². The van der Waals surface area contributed by atoms with Crippen molar-refractivity contribution in [2.75, 3.05) is 6.67 Å². The molecule has 0 atom stereocenters. The molecular formula is C12H11FN2O2. The maximum atomic E-state index is 12.1. The lowest BCUT2D eigenvalue weighted by Gasteiger charge is -1.99. The van der Waals surface area contributed by atoms with E-state index < -0.39 is 5.97 Å². The van der Waals surface area contributed by atoms with Crippen LogP contribution in [-0.4, -0.2) is 27.9 Å². The molecule has 2 rings (SSSR count). The minimum atomic E-state index is -1.04. The normalized spacial score (nSPS) is 10.4. The van der Waals surface area contributed by atoms with Gasteiger partial charge in [0, 0.05) is 12.0 Å². The molecule has 88 valence electrons. The van der Waals surface area contributed by atoms with Crippen molar-refractivity contribution < 1.29 is 14.3 Å². The number of nitrogens with one attached hydrogen (secondary N) is 1. The second-order valence-corrected chi connectivity index (χ2v) is 3.61. The molecule has 4 nitrogen and oxygen atoms in total. The molecule has 0 bridgehead atoms. The molecule has 0 unspecified atom stereocenters. The molecule has 0 saturated heterocycles. The van der Waals surface area contributed by atoms with E-state index in [1.165, 1.54) is 6.07 Å². The highest BCUT2D eigenvalue weighted by Gasteiger charge is 2.08. The zero-order valence-corrected chi connectivity index (χ0v) is 8.98. The third-order valence-electron chi connectivity index (χ3n) is 2.44. The number of alkyl halides is 1. The van der Waals surface area contributed by atoms with Crippen LogP contribution in [0.2, 0.25) is 0 Å². The third kappa shape index (κ3) is 2.50. The Morgan fingerprint density at radius 3 is 2.59 bits per heavy atom. The number of nitrogens with zero attached hydrogens (tertiary/aromatic N) is 1. The lowest BCUT2D eigenvalue weighted by Crippen LogP contribution is -1.95. The number of H-pyrrole nitrogens is 1. The van der Waals surface area contributed by atoms with Crippen molar-refractivity contribution in [1.82, 2.24) is 10.2 Å². The first-order valence-electron chi connectivity index (χ1n) is 5.14. The van der Waals surface area contributed by atoms with Crippen molar-refractivity contribution in [3.05, 3.63) is 41.6 Å². The summed E-state index contributed by atoms with van der Waals surface area (Å²) in [6, 6.07) is 8.68. The average Bonchev–Trinajstić information content (AvgIpc) is 2.80. The first kappa shape index (κ1) is 11.3. The number of halogens is 1. The number of carboxylic acid groups (broad SMARTS) is 1. The van der Waals surface area contributed by atoms with E-state index in [0.717, 1.165) is 11.1 Å². The highest BCUT2D eigenvalue weighted by atomic mass is 19.1. The lowest BCUT2D eigenvalue weighted by molar-refractivity contribution is 0.0690. The third-order valence-corrected chi connectivity index (χ3v) is 2.44. The van der Waals surface area contributed by atoms with E-state index in [1.807, 2.05) is 12.1 Å². The number of hydrogen-bond acceptors (Lipinski definition) is 2. The lowest BCUT2D eigenvalue weighted by atomic mass is 10.1. The molecule has 0 spiro atoms. The van der Waals surface area contributed by atoms with E-state index in [2.05, 4.69) is 10.2 Å². The second-order valence-electron chi connectivity index (χ2n) is 3.61. The molecule has 1 heterocycles. The number of carboxylic acids is 1. The second kappa shape index (κ2) is 4.78. The first-order valence-corrected chi connectivity index (χ1v) is 5.14. The summed E-state index contributed by atoms with van der Waals surface area (Å²) in [4.78, 5) is 10.7. The van der Waals surface area contributed by atoms with Crippen LogP contribution >= 0.6 is 0 Å². The molecule has 1 aromatic carbocycles. The zero-order valence-electron chi connectivity index (χ0n) is 8.98. The van der Waals surface area contributed by atoms with Gasteiger partial charge in [0.2, 0.25) is 0 Å². The summed E-state index contributed by atoms with van der Waals surface area (Å²) >= 11 is 0. The van der Waals surface area contributed by atoms with E-state index in [0.29, 0.717) is 12.1 Å². The van der Waals surface area contributed by atoms with Crippen LogP contribution in [0.1, 0.15) is 16.1 Å². The van der Waals surface area contributed by atoms with Gasteiger partial charge in [0.25, 0.3) is 0 Å². The minimum absolute atomic E-state index is 0.0489. The van der Waals surface area contributed by atoms with Crippen molar-refractivity contribution in [3.63, 3.8) is 0 Å². The summed E-state index contributed by atoms with van der Waals surface area (Å²) in [6.45, 7) is -0.384. The quantitative estimate of drug-likeness (QED) is 0.852. The van der Waals surface area contributed by atoms with Gasteiger partial charge in [-0.25, -0.2) is 4.79 Å². The Hall–Kier alpha value is -2.17. The van der Waals surface area contributed by atoms with Crippen LogP contribution in [0.4, 0.5) is 4.39 Å². The fourth-order valence-electron chi connectivity index (χ4n) is 1.53. The molecule has 0 aliphatic heterocycles. The van der Waals surface area contributed by atoms with Crippen LogP contribution in [0.15, 0.2) is 30.3 Å². The van der Waals surface area contributed by atoms with Crippen molar-refractivity contribution in [3.8, 4) is 11.3 Å². The van der Waals surface area contributed by atoms with E-state index >= 15 is 0 Å². The Balaban J connectivity index is 2.23. The Morgan fingerprint density at radius 1 is 1.35 bits per heavy atom. The van der Waals surface area contributed by atoms with Gasteiger partial charge in [-0.1, -0.05) is 24.3 Å². The van der Waals surface area contributed by atoms with Gasteiger partial charge in [0.15, 0.2) is 0 Å².